The minimum absolute atomic E-state index is 0.442. The van der Waals surface area contributed by atoms with E-state index >= 15 is 0 Å². The minimum atomic E-state index is 0.442. The van der Waals surface area contributed by atoms with Crippen LogP contribution < -0.4 is 23.7 Å². The molecule has 0 unspecified atom stereocenters. The van der Waals surface area contributed by atoms with E-state index in [2.05, 4.69) is 11.1 Å². The van der Waals surface area contributed by atoms with Crippen LogP contribution in [0.4, 0.5) is 0 Å². The number of ether oxygens (including phenoxy) is 5. The molecule has 0 saturated carbocycles. The lowest BCUT2D eigenvalue weighted by Crippen LogP contribution is -2.02. The van der Waals surface area contributed by atoms with Gasteiger partial charge in [-0.15, -0.1) is 0 Å². The van der Waals surface area contributed by atoms with Gasteiger partial charge in [0, 0.05) is 17.8 Å². The quantitative estimate of drug-likeness (QED) is 0.258. The molecule has 0 N–H and O–H groups in total. The SMILES string of the molecule is CCOc1ccc2c(Cc3cc(OC)c(OCC)c(OC)c3)cncc2c1OCc1ccccc1. The lowest BCUT2D eigenvalue weighted by Gasteiger charge is -2.17. The van der Waals surface area contributed by atoms with Gasteiger partial charge in [0.15, 0.2) is 23.0 Å². The van der Waals surface area contributed by atoms with Crippen LogP contribution >= 0.6 is 0 Å². The predicted molar refractivity (Wildman–Crippen MR) is 137 cm³/mol. The molecular weight excluding hydrogens is 442 g/mol. The third kappa shape index (κ3) is 5.43. The summed E-state index contributed by atoms with van der Waals surface area (Å²) in [5, 5.41) is 1.97. The molecule has 6 heteroatoms. The number of nitrogens with zero attached hydrogens (tertiary/aromatic N) is 1. The smallest absolute Gasteiger partial charge is 0.203 e. The standard InChI is InChI=1S/C29H31NO5/c1-5-33-25-13-12-23-22(14-21-15-26(31-3)29(34-6-2)27(16-21)32-4)17-30-18-24(23)28(25)35-19-20-10-8-7-9-11-20/h7-13,15-18H,5-6,14,19H2,1-4H3. The first-order chi connectivity index (χ1) is 17.2. The van der Waals surface area contributed by atoms with Crippen LogP contribution in [0.1, 0.15) is 30.5 Å². The van der Waals surface area contributed by atoms with E-state index in [1.54, 1.807) is 14.2 Å². The molecule has 0 fully saturated rings. The molecule has 0 atom stereocenters. The molecule has 0 saturated heterocycles. The molecular formula is C29H31NO5. The van der Waals surface area contributed by atoms with Gasteiger partial charge in [0.05, 0.1) is 27.4 Å². The van der Waals surface area contributed by atoms with Gasteiger partial charge in [-0.1, -0.05) is 36.4 Å². The van der Waals surface area contributed by atoms with Crippen molar-refractivity contribution >= 4 is 10.8 Å². The summed E-state index contributed by atoms with van der Waals surface area (Å²) in [6, 6.07) is 18.1. The lowest BCUT2D eigenvalue weighted by atomic mass is 9.99. The van der Waals surface area contributed by atoms with Crippen molar-refractivity contribution in [3.63, 3.8) is 0 Å². The van der Waals surface area contributed by atoms with Crippen molar-refractivity contribution in [1.29, 1.82) is 0 Å². The summed E-state index contributed by atoms with van der Waals surface area (Å²) >= 11 is 0. The van der Waals surface area contributed by atoms with Crippen LogP contribution in [-0.4, -0.2) is 32.4 Å². The van der Waals surface area contributed by atoms with E-state index in [4.69, 9.17) is 23.7 Å². The van der Waals surface area contributed by atoms with Crippen LogP contribution in [0.2, 0.25) is 0 Å². The number of hydrogen-bond donors (Lipinski definition) is 0. The second kappa shape index (κ2) is 11.5. The first-order valence-corrected chi connectivity index (χ1v) is 11.7. The van der Waals surface area contributed by atoms with Gasteiger partial charge in [-0.05, 0) is 60.5 Å². The Morgan fingerprint density at radius 2 is 1.37 bits per heavy atom. The molecule has 182 valence electrons. The van der Waals surface area contributed by atoms with E-state index in [0.29, 0.717) is 55.0 Å². The van der Waals surface area contributed by atoms with E-state index in [0.717, 1.165) is 27.5 Å². The molecule has 6 nitrogen and oxygen atoms in total. The fraction of sp³-hybridized carbons (Fsp3) is 0.276. The van der Waals surface area contributed by atoms with Crippen molar-refractivity contribution in [1.82, 2.24) is 4.98 Å². The zero-order chi connectivity index (χ0) is 24.6. The van der Waals surface area contributed by atoms with Gasteiger partial charge < -0.3 is 23.7 Å². The highest BCUT2D eigenvalue weighted by Crippen LogP contribution is 2.41. The number of rotatable bonds is 11. The molecule has 0 spiro atoms. The lowest BCUT2D eigenvalue weighted by molar-refractivity contribution is 0.272. The predicted octanol–water partition coefficient (Wildman–Crippen LogP) is 6.22. The summed E-state index contributed by atoms with van der Waals surface area (Å²) in [7, 11) is 3.26. The summed E-state index contributed by atoms with van der Waals surface area (Å²) < 4.78 is 29.1. The van der Waals surface area contributed by atoms with Crippen molar-refractivity contribution in [3.8, 4) is 28.7 Å². The summed E-state index contributed by atoms with van der Waals surface area (Å²) in [5.41, 5.74) is 3.17. The topological polar surface area (TPSA) is 59.0 Å². The van der Waals surface area contributed by atoms with Gasteiger partial charge in [-0.25, -0.2) is 0 Å². The van der Waals surface area contributed by atoms with E-state index in [1.807, 2.05) is 74.8 Å². The Balaban J connectivity index is 1.73. The molecule has 0 radical (unpaired) electrons. The second-order valence-electron chi connectivity index (χ2n) is 7.93. The van der Waals surface area contributed by atoms with E-state index < -0.39 is 0 Å². The maximum absolute atomic E-state index is 6.29. The fourth-order valence-electron chi connectivity index (χ4n) is 4.09. The van der Waals surface area contributed by atoms with Crippen molar-refractivity contribution < 1.29 is 23.7 Å². The molecule has 35 heavy (non-hydrogen) atoms. The number of fused-ring (bicyclic) bond motifs is 1. The number of hydrogen-bond acceptors (Lipinski definition) is 6. The number of methoxy groups -OCH3 is 2. The average molecular weight is 474 g/mol. The van der Waals surface area contributed by atoms with Crippen LogP contribution in [0, 0.1) is 0 Å². The summed E-state index contributed by atoms with van der Waals surface area (Å²) in [5.74, 6) is 3.29. The summed E-state index contributed by atoms with van der Waals surface area (Å²) in [6.45, 7) is 5.41. The van der Waals surface area contributed by atoms with E-state index in [9.17, 15) is 0 Å². The average Bonchev–Trinajstić information content (AvgIpc) is 2.89. The third-order valence-corrected chi connectivity index (χ3v) is 5.67. The van der Waals surface area contributed by atoms with Crippen LogP contribution in [-0.2, 0) is 13.0 Å². The Hall–Kier alpha value is -3.93. The number of pyridine rings is 1. The van der Waals surface area contributed by atoms with Crippen molar-refractivity contribution in [2.45, 2.75) is 26.9 Å². The highest BCUT2D eigenvalue weighted by Gasteiger charge is 2.17. The molecule has 3 aromatic carbocycles. The van der Waals surface area contributed by atoms with Gasteiger partial charge in [0.2, 0.25) is 5.75 Å². The van der Waals surface area contributed by atoms with E-state index in [1.165, 1.54) is 0 Å². The fourth-order valence-corrected chi connectivity index (χ4v) is 4.09. The Labute approximate surface area is 206 Å². The largest absolute Gasteiger partial charge is 0.493 e. The minimum Gasteiger partial charge on any atom is -0.493 e. The van der Waals surface area contributed by atoms with Crippen molar-refractivity contribution in [2.75, 3.05) is 27.4 Å². The molecule has 0 aliphatic carbocycles. The zero-order valence-electron chi connectivity index (χ0n) is 20.7. The Bertz CT molecular complexity index is 1250. The summed E-state index contributed by atoms with van der Waals surface area (Å²) in [6.07, 6.45) is 4.36. The summed E-state index contributed by atoms with van der Waals surface area (Å²) in [4.78, 5) is 4.54. The van der Waals surface area contributed by atoms with Crippen LogP contribution in [0.15, 0.2) is 67.0 Å². The van der Waals surface area contributed by atoms with Gasteiger partial charge in [-0.2, -0.15) is 0 Å². The van der Waals surface area contributed by atoms with Gasteiger partial charge >= 0.3 is 0 Å². The maximum atomic E-state index is 6.29. The first-order valence-electron chi connectivity index (χ1n) is 11.7. The van der Waals surface area contributed by atoms with Crippen LogP contribution in [0.5, 0.6) is 28.7 Å². The van der Waals surface area contributed by atoms with E-state index in [-0.39, 0.29) is 0 Å². The second-order valence-corrected chi connectivity index (χ2v) is 7.93. The van der Waals surface area contributed by atoms with Gasteiger partial charge in [0.25, 0.3) is 0 Å². The molecule has 1 aromatic heterocycles. The Kier molecular flexibility index (Phi) is 7.93. The first kappa shape index (κ1) is 24.2. The zero-order valence-corrected chi connectivity index (χ0v) is 20.7. The normalized spacial score (nSPS) is 10.7. The molecule has 4 aromatic rings. The molecule has 0 bridgehead atoms. The highest BCUT2D eigenvalue weighted by atomic mass is 16.5. The Morgan fingerprint density at radius 3 is 2.03 bits per heavy atom. The highest BCUT2D eigenvalue weighted by molar-refractivity contribution is 5.92. The van der Waals surface area contributed by atoms with Crippen LogP contribution in [0.3, 0.4) is 0 Å². The molecule has 1 heterocycles. The van der Waals surface area contributed by atoms with Crippen molar-refractivity contribution in [3.05, 3.63) is 83.7 Å². The molecule has 0 aliphatic rings. The number of benzene rings is 3. The third-order valence-electron chi connectivity index (χ3n) is 5.67. The monoisotopic (exact) mass is 473 g/mol. The van der Waals surface area contributed by atoms with Crippen molar-refractivity contribution in [2.24, 2.45) is 0 Å². The maximum Gasteiger partial charge on any atom is 0.203 e. The van der Waals surface area contributed by atoms with Crippen LogP contribution in [0.25, 0.3) is 10.8 Å². The number of aromatic nitrogens is 1. The Morgan fingerprint density at radius 1 is 0.657 bits per heavy atom. The molecule has 0 amide bonds. The van der Waals surface area contributed by atoms with Gasteiger partial charge in [-0.3, -0.25) is 4.98 Å². The van der Waals surface area contributed by atoms with Gasteiger partial charge in [0.1, 0.15) is 6.61 Å². The molecule has 4 rings (SSSR count). The molecule has 0 aliphatic heterocycles.